The first-order valence-electron chi connectivity index (χ1n) is 9.05. The Labute approximate surface area is 156 Å². The van der Waals surface area contributed by atoms with E-state index in [4.69, 9.17) is 14.0 Å². The Morgan fingerprint density at radius 3 is 2.78 bits per heavy atom. The summed E-state index contributed by atoms with van der Waals surface area (Å²) in [6, 6.07) is 5.98. The van der Waals surface area contributed by atoms with E-state index in [1.54, 1.807) is 12.1 Å². The van der Waals surface area contributed by atoms with Crippen molar-refractivity contribution in [2.75, 3.05) is 40.0 Å². The number of carbonyl (C=O) groups excluding carboxylic acids is 1. The lowest BCUT2D eigenvalue weighted by atomic mass is 9.72. The van der Waals surface area contributed by atoms with Crippen LogP contribution in [-0.4, -0.2) is 61.0 Å². The van der Waals surface area contributed by atoms with Gasteiger partial charge in [0.05, 0.1) is 5.92 Å². The molecule has 1 aromatic carbocycles. The van der Waals surface area contributed by atoms with Crippen LogP contribution < -0.4 is 0 Å². The number of ether oxygens (including phenoxy) is 2. The standard InChI is InChI=1S/C19H22FN3O4/c1-25-11-16(24)23-10-15(19(12-23)6-8-26-9-7-19)18-21-17(22-27-18)13-2-4-14(20)5-3-13/h2-5,15H,6-12H2,1H3. The molecule has 1 atom stereocenters. The number of hydrogen-bond acceptors (Lipinski definition) is 6. The predicted octanol–water partition coefficient (Wildman–Crippen LogP) is 2.24. The number of hydrogen-bond donors (Lipinski definition) is 0. The smallest absolute Gasteiger partial charge is 0.248 e. The van der Waals surface area contributed by atoms with E-state index in [-0.39, 0.29) is 29.7 Å². The number of halogens is 1. The number of nitrogens with zero attached hydrogens (tertiary/aromatic N) is 3. The van der Waals surface area contributed by atoms with Crippen molar-refractivity contribution in [2.24, 2.45) is 5.41 Å². The minimum atomic E-state index is -0.313. The van der Waals surface area contributed by atoms with Crippen molar-refractivity contribution >= 4 is 5.91 Å². The summed E-state index contributed by atoms with van der Waals surface area (Å²) in [4.78, 5) is 18.8. The molecule has 2 aliphatic heterocycles. The van der Waals surface area contributed by atoms with Gasteiger partial charge >= 0.3 is 0 Å². The molecule has 7 nitrogen and oxygen atoms in total. The van der Waals surface area contributed by atoms with Gasteiger partial charge in [-0.15, -0.1) is 0 Å². The van der Waals surface area contributed by atoms with E-state index < -0.39 is 0 Å². The monoisotopic (exact) mass is 375 g/mol. The fraction of sp³-hybridized carbons (Fsp3) is 0.526. The van der Waals surface area contributed by atoms with Gasteiger partial charge < -0.3 is 18.9 Å². The summed E-state index contributed by atoms with van der Waals surface area (Å²) >= 11 is 0. The molecule has 0 saturated carbocycles. The second-order valence-electron chi connectivity index (χ2n) is 7.20. The van der Waals surface area contributed by atoms with Gasteiger partial charge in [0, 0.05) is 44.4 Å². The molecular formula is C19H22FN3O4. The summed E-state index contributed by atoms with van der Waals surface area (Å²) in [5.74, 6) is 0.539. The van der Waals surface area contributed by atoms with Crippen LogP contribution in [0.15, 0.2) is 28.8 Å². The van der Waals surface area contributed by atoms with Crippen LogP contribution in [0.4, 0.5) is 4.39 Å². The molecule has 2 fully saturated rings. The number of rotatable bonds is 4. The minimum Gasteiger partial charge on any atom is -0.381 e. The first-order valence-corrected chi connectivity index (χ1v) is 9.05. The van der Waals surface area contributed by atoms with Crippen molar-refractivity contribution in [2.45, 2.75) is 18.8 Å². The highest BCUT2D eigenvalue weighted by atomic mass is 19.1. The van der Waals surface area contributed by atoms with E-state index in [0.717, 1.165) is 12.8 Å². The topological polar surface area (TPSA) is 77.7 Å². The molecule has 1 unspecified atom stereocenters. The fourth-order valence-electron chi connectivity index (χ4n) is 4.09. The molecule has 1 amide bonds. The summed E-state index contributed by atoms with van der Waals surface area (Å²) in [5, 5.41) is 4.08. The average molecular weight is 375 g/mol. The molecule has 0 radical (unpaired) electrons. The van der Waals surface area contributed by atoms with Gasteiger partial charge in [-0.3, -0.25) is 4.79 Å². The maximum Gasteiger partial charge on any atom is 0.248 e. The Morgan fingerprint density at radius 1 is 1.33 bits per heavy atom. The lowest BCUT2D eigenvalue weighted by Crippen LogP contribution is -2.38. The normalized spacial score (nSPS) is 21.7. The minimum absolute atomic E-state index is 0.0378. The van der Waals surface area contributed by atoms with E-state index in [0.29, 0.717) is 43.6 Å². The van der Waals surface area contributed by atoms with Crippen LogP contribution >= 0.6 is 0 Å². The predicted molar refractivity (Wildman–Crippen MR) is 93.4 cm³/mol. The van der Waals surface area contributed by atoms with Crippen LogP contribution in [0, 0.1) is 11.2 Å². The SMILES string of the molecule is COCC(=O)N1CC(c2nc(-c3ccc(F)cc3)no2)C2(CCOCC2)C1. The van der Waals surface area contributed by atoms with Crippen LogP contribution in [0.25, 0.3) is 11.4 Å². The Hall–Kier alpha value is -2.32. The zero-order chi connectivity index (χ0) is 18.9. The molecular weight excluding hydrogens is 353 g/mol. The molecule has 27 heavy (non-hydrogen) atoms. The molecule has 2 saturated heterocycles. The highest BCUT2D eigenvalue weighted by molar-refractivity contribution is 5.78. The maximum atomic E-state index is 13.1. The molecule has 144 valence electrons. The number of benzene rings is 1. The van der Waals surface area contributed by atoms with Crippen LogP contribution in [0.3, 0.4) is 0 Å². The van der Waals surface area contributed by atoms with Crippen molar-refractivity contribution < 1.29 is 23.2 Å². The lowest BCUT2D eigenvalue weighted by molar-refractivity contribution is -0.134. The second kappa shape index (κ2) is 7.36. The third-order valence-corrected chi connectivity index (χ3v) is 5.60. The first kappa shape index (κ1) is 18.1. The quantitative estimate of drug-likeness (QED) is 0.816. The molecule has 2 aromatic rings. The molecule has 0 aliphatic carbocycles. The summed E-state index contributed by atoms with van der Waals surface area (Å²) in [5.41, 5.74) is 0.562. The van der Waals surface area contributed by atoms with Gasteiger partial charge in [0.15, 0.2) is 0 Å². The molecule has 0 N–H and O–H groups in total. The summed E-state index contributed by atoms with van der Waals surface area (Å²) in [7, 11) is 1.52. The third kappa shape index (κ3) is 3.46. The molecule has 2 aliphatic rings. The van der Waals surface area contributed by atoms with Crippen molar-refractivity contribution in [1.82, 2.24) is 15.0 Å². The van der Waals surface area contributed by atoms with Gasteiger partial charge in [-0.1, -0.05) is 5.16 Å². The van der Waals surface area contributed by atoms with Gasteiger partial charge in [-0.2, -0.15) is 4.98 Å². The molecule has 1 spiro atoms. The number of carbonyl (C=O) groups is 1. The van der Waals surface area contributed by atoms with Gasteiger partial charge in [0.1, 0.15) is 12.4 Å². The first-order chi connectivity index (χ1) is 13.1. The van der Waals surface area contributed by atoms with Crippen LogP contribution in [0.1, 0.15) is 24.7 Å². The van der Waals surface area contributed by atoms with Gasteiger partial charge in [0.2, 0.25) is 17.6 Å². The Bertz CT molecular complexity index is 802. The number of aromatic nitrogens is 2. The molecule has 8 heteroatoms. The summed E-state index contributed by atoms with van der Waals surface area (Å²) < 4.78 is 29.3. The van der Waals surface area contributed by atoms with Gasteiger partial charge in [-0.05, 0) is 37.1 Å². The molecule has 0 bridgehead atoms. The third-order valence-electron chi connectivity index (χ3n) is 5.60. The van der Waals surface area contributed by atoms with E-state index >= 15 is 0 Å². The van der Waals surface area contributed by atoms with E-state index in [1.165, 1.54) is 19.2 Å². The van der Waals surface area contributed by atoms with Crippen LogP contribution in [0.2, 0.25) is 0 Å². The highest BCUT2D eigenvalue weighted by Crippen LogP contribution is 2.49. The zero-order valence-corrected chi connectivity index (χ0v) is 15.2. The Kier molecular flexibility index (Phi) is 4.92. The Morgan fingerprint density at radius 2 is 2.07 bits per heavy atom. The van der Waals surface area contributed by atoms with Crippen molar-refractivity contribution in [3.8, 4) is 11.4 Å². The maximum absolute atomic E-state index is 13.1. The van der Waals surface area contributed by atoms with Crippen molar-refractivity contribution in [3.05, 3.63) is 36.0 Å². The highest BCUT2D eigenvalue weighted by Gasteiger charge is 2.51. The Balaban J connectivity index is 1.62. The van der Waals surface area contributed by atoms with E-state index in [2.05, 4.69) is 10.1 Å². The largest absolute Gasteiger partial charge is 0.381 e. The summed E-state index contributed by atoms with van der Waals surface area (Å²) in [6.07, 6.45) is 1.67. The fourth-order valence-corrected chi connectivity index (χ4v) is 4.09. The average Bonchev–Trinajstić information content (AvgIpc) is 3.29. The van der Waals surface area contributed by atoms with Crippen LogP contribution in [-0.2, 0) is 14.3 Å². The zero-order valence-electron chi connectivity index (χ0n) is 15.2. The molecule has 4 rings (SSSR count). The number of likely N-dealkylation sites (tertiary alicyclic amines) is 1. The van der Waals surface area contributed by atoms with Crippen LogP contribution in [0.5, 0.6) is 0 Å². The molecule has 1 aromatic heterocycles. The van der Waals surface area contributed by atoms with Crippen molar-refractivity contribution in [3.63, 3.8) is 0 Å². The number of methoxy groups -OCH3 is 1. The van der Waals surface area contributed by atoms with Crippen molar-refractivity contribution in [1.29, 1.82) is 0 Å². The lowest BCUT2D eigenvalue weighted by Gasteiger charge is -2.36. The number of amides is 1. The second-order valence-corrected chi connectivity index (χ2v) is 7.20. The summed E-state index contributed by atoms with van der Waals surface area (Å²) in [6.45, 7) is 2.53. The van der Waals surface area contributed by atoms with E-state index in [9.17, 15) is 9.18 Å². The van der Waals surface area contributed by atoms with E-state index in [1.807, 2.05) is 4.90 Å². The van der Waals surface area contributed by atoms with Gasteiger partial charge in [0.25, 0.3) is 0 Å². The van der Waals surface area contributed by atoms with Gasteiger partial charge in [-0.25, -0.2) is 4.39 Å². The molecule has 3 heterocycles.